The van der Waals surface area contributed by atoms with Gasteiger partial charge in [-0.1, -0.05) is 13.8 Å². The van der Waals surface area contributed by atoms with Crippen molar-refractivity contribution in [1.29, 1.82) is 0 Å². The van der Waals surface area contributed by atoms with Crippen molar-refractivity contribution in [2.45, 2.75) is 53.6 Å². The topological polar surface area (TPSA) is 42.8 Å². The number of rotatable bonds is 12. The molecule has 0 saturated carbocycles. The van der Waals surface area contributed by atoms with E-state index in [1.54, 1.807) is 0 Å². The van der Waals surface area contributed by atoms with E-state index in [1.807, 2.05) is 13.8 Å². The standard InChI is InChI=1S/C15H34N2O2Si/c1-7-18-20(6,19-8-2)13-9-10-16-11-12-17-15(5)14(3)4/h14,16H,7-13H2,1-6H3. The molecule has 120 valence electrons. The van der Waals surface area contributed by atoms with Crippen LogP contribution in [0.4, 0.5) is 0 Å². The van der Waals surface area contributed by atoms with E-state index < -0.39 is 8.56 Å². The predicted molar refractivity (Wildman–Crippen MR) is 90.0 cm³/mol. The lowest BCUT2D eigenvalue weighted by molar-refractivity contribution is 0.188. The van der Waals surface area contributed by atoms with Crippen LogP contribution in [0.15, 0.2) is 4.99 Å². The van der Waals surface area contributed by atoms with Crippen LogP contribution >= 0.6 is 0 Å². The SMILES string of the molecule is CCO[Si](C)(CCCNCCN=C(C)C(C)C)OCC. The first-order valence-corrected chi connectivity index (χ1v) is 10.5. The molecule has 0 radical (unpaired) electrons. The fraction of sp³-hybridized carbons (Fsp3) is 0.933. The van der Waals surface area contributed by atoms with Crippen LogP contribution in [0.2, 0.25) is 12.6 Å². The van der Waals surface area contributed by atoms with Gasteiger partial charge >= 0.3 is 8.56 Å². The minimum absolute atomic E-state index is 0.555. The molecule has 0 aromatic rings. The van der Waals surface area contributed by atoms with Crippen molar-refractivity contribution >= 4 is 14.3 Å². The minimum Gasteiger partial charge on any atom is -0.395 e. The fourth-order valence-electron chi connectivity index (χ4n) is 1.95. The zero-order valence-electron chi connectivity index (χ0n) is 14.3. The second-order valence-corrected chi connectivity index (χ2v) is 8.88. The summed E-state index contributed by atoms with van der Waals surface area (Å²) in [5.41, 5.74) is 1.24. The van der Waals surface area contributed by atoms with Crippen molar-refractivity contribution in [1.82, 2.24) is 5.32 Å². The van der Waals surface area contributed by atoms with Crippen LogP contribution in [0.3, 0.4) is 0 Å². The first-order chi connectivity index (χ1) is 9.45. The molecule has 20 heavy (non-hydrogen) atoms. The molecule has 0 aromatic heterocycles. The van der Waals surface area contributed by atoms with Crippen molar-refractivity contribution in [3.8, 4) is 0 Å². The number of aliphatic imine (C=N–C) groups is 1. The Hall–Kier alpha value is -0.233. The van der Waals surface area contributed by atoms with Gasteiger partial charge < -0.3 is 14.2 Å². The average molecular weight is 303 g/mol. The quantitative estimate of drug-likeness (QED) is 0.342. The summed E-state index contributed by atoms with van der Waals surface area (Å²) in [6, 6.07) is 1.05. The summed E-state index contributed by atoms with van der Waals surface area (Å²) in [6.45, 7) is 17.0. The van der Waals surface area contributed by atoms with Gasteiger partial charge in [-0.2, -0.15) is 0 Å². The van der Waals surface area contributed by atoms with Crippen molar-refractivity contribution in [2.75, 3.05) is 32.8 Å². The van der Waals surface area contributed by atoms with Gasteiger partial charge in [0.15, 0.2) is 0 Å². The Labute approximate surface area is 126 Å². The maximum Gasteiger partial charge on any atom is 0.334 e. The van der Waals surface area contributed by atoms with Crippen LogP contribution < -0.4 is 5.32 Å². The molecule has 4 nitrogen and oxygen atoms in total. The molecule has 0 fully saturated rings. The van der Waals surface area contributed by atoms with Crippen molar-refractivity contribution in [3.05, 3.63) is 0 Å². The molecular formula is C15H34N2O2Si. The number of nitrogens with zero attached hydrogens (tertiary/aromatic N) is 1. The molecule has 0 amide bonds. The normalized spacial score (nSPS) is 13.2. The van der Waals surface area contributed by atoms with Crippen LogP contribution in [-0.4, -0.2) is 47.1 Å². The Morgan fingerprint density at radius 1 is 1.15 bits per heavy atom. The van der Waals surface area contributed by atoms with Gasteiger partial charge in [0.25, 0.3) is 0 Å². The van der Waals surface area contributed by atoms with Gasteiger partial charge in [0, 0.05) is 25.5 Å². The highest BCUT2D eigenvalue weighted by Crippen LogP contribution is 2.15. The van der Waals surface area contributed by atoms with Gasteiger partial charge in [0.05, 0.1) is 6.54 Å². The van der Waals surface area contributed by atoms with E-state index in [1.165, 1.54) is 5.71 Å². The van der Waals surface area contributed by atoms with E-state index >= 15 is 0 Å². The number of hydrogen-bond acceptors (Lipinski definition) is 4. The van der Waals surface area contributed by atoms with Gasteiger partial charge in [-0.15, -0.1) is 0 Å². The maximum absolute atomic E-state index is 5.82. The number of nitrogens with one attached hydrogen (secondary N) is 1. The van der Waals surface area contributed by atoms with Gasteiger partial charge in [-0.05, 0) is 52.2 Å². The number of hydrogen-bond donors (Lipinski definition) is 1. The van der Waals surface area contributed by atoms with Crippen molar-refractivity contribution < 1.29 is 8.85 Å². The Morgan fingerprint density at radius 2 is 1.75 bits per heavy atom. The van der Waals surface area contributed by atoms with Crippen LogP contribution in [-0.2, 0) is 8.85 Å². The van der Waals surface area contributed by atoms with E-state index in [2.05, 4.69) is 37.6 Å². The molecule has 0 unspecified atom stereocenters. The van der Waals surface area contributed by atoms with E-state index in [0.717, 1.165) is 45.3 Å². The molecule has 0 bridgehead atoms. The van der Waals surface area contributed by atoms with Crippen LogP contribution in [0.25, 0.3) is 0 Å². The van der Waals surface area contributed by atoms with Crippen molar-refractivity contribution in [3.63, 3.8) is 0 Å². The largest absolute Gasteiger partial charge is 0.395 e. The van der Waals surface area contributed by atoms with Crippen molar-refractivity contribution in [2.24, 2.45) is 10.9 Å². The Kier molecular flexibility index (Phi) is 11.3. The molecule has 0 rings (SSSR count). The van der Waals surface area contributed by atoms with Gasteiger partial charge in [-0.25, -0.2) is 0 Å². The van der Waals surface area contributed by atoms with Gasteiger partial charge in [-0.3, -0.25) is 4.99 Å². The predicted octanol–water partition coefficient (Wildman–Crippen LogP) is 3.23. The lowest BCUT2D eigenvalue weighted by Crippen LogP contribution is -2.39. The zero-order valence-corrected chi connectivity index (χ0v) is 15.3. The van der Waals surface area contributed by atoms with Crippen LogP contribution in [0.1, 0.15) is 41.0 Å². The summed E-state index contributed by atoms with van der Waals surface area (Å²) in [5.74, 6) is 0.555. The molecule has 5 heteroatoms. The lowest BCUT2D eigenvalue weighted by atomic mass is 10.1. The fourth-order valence-corrected chi connectivity index (χ4v) is 4.36. The second-order valence-electron chi connectivity index (χ2n) is 5.53. The van der Waals surface area contributed by atoms with Gasteiger partial charge in [0.2, 0.25) is 0 Å². The summed E-state index contributed by atoms with van der Waals surface area (Å²) in [4.78, 5) is 4.54. The third kappa shape index (κ3) is 9.64. The molecule has 0 spiro atoms. The third-order valence-electron chi connectivity index (χ3n) is 3.37. The molecule has 0 aliphatic carbocycles. The third-order valence-corrected chi connectivity index (χ3v) is 6.43. The maximum atomic E-state index is 5.82. The first-order valence-electron chi connectivity index (χ1n) is 7.94. The molecule has 0 aliphatic rings. The molecule has 0 aromatic carbocycles. The lowest BCUT2D eigenvalue weighted by Gasteiger charge is -2.25. The second kappa shape index (κ2) is 11.4. The van der Waals surface area contributed by atoms with E-state index in [0.29, 0.717) is 5.92 Å². The summed E-state index contributed by atoms with van der Waals surface area (Å²) >= 11 is 0. The molecule has 0 atom stereocenters. The van der Waals surface area contributed by atoms with Crippen LogP contribution in [0, 0.1) is 5.92 Å². The van der Waals surface area contributed by atoms with E-state index in [9.17, 15) is 0 Å². The monoisotopic (exact) mass is 302 g/mol. The molecule has 0 heterocycles. The highest BCUT2D eigenvalue weighted by Gasteiger charge is 2.29. The smallest absolute Gasteiger partial charge is 0.334 e. The average Bonchev–Trinajstić information content (AvgIpc) is 2.37. The molecular weight excluding hydrogens is 268 g/mol. The molecule has 0 saturated heterocycles. The summed E-state index contributed by atoms with van der Waals surface area (Å²) in [7, 11) is -1.92. The zero-order chi connectivity index (χ0) is 15.4. The van der Waals surface area contributed by atoms with Crippen LogP contribution in [0.5, 0.6) is 0 Å². The minimum atomic E-state index is -1.92. The summed E-state index contributed by atoms with van der Waals surface area (Å²) in [6.07, 6.45) is 1.11. The highest BCUT2D eigenvalue weighted by atomic mass is 28.4. The Morgan fingerprint density at radius 3 is 2.25 bits per heavy atom. The van der Waals surface area contributed by atoms with Gasteiger partial charge in [0.1, 0.15) is 0 Å². The first kappa shape index (κ1) is 19.8. The van der Waals surface area contributed by atoms with E-state index in [4.69, 9.17) is 8.85 Å². The highest BCUT2D eigenvalue weighted by molar-refractivity contribution is 6.66. The van der Waals surface area contributed by atoms with E-state index in [-0.39, 0.29) is 0 Å². The molecule has 1 N–H and O–H groups in total. The summed E-state index contributed by atoms with van der Waals surface area (Å²) < 4.78 is 11.6. The Bertz CT molecular complexity index is 265. The molecule has 0 aliphatic heterocycles. The summed E-state index contributed by atoms with van der Waals surface area (Å²) in [5, 5.41) is 3.44. The Balaban J connectivity index is 3.72.